The lowest BCUT2D eigenvalue weighted by atomic mass is 10.1. The normalized spacial score (nSPS) is 10.3. The van der Waals surface area contributed by atoms with Gasteiger partial charge in [-0.05, 0) is 38.1 Å². The number of esters is 1. The average Bonchev–Trinajstić information content (AvgIpc) is 2.73. The number of ketones is 1. The van der Waals surface area contributed by atoms with E-state index in [2.05, 4.69) is 10.3 Å². The molecule has 2 aromatic carbocycles. The maximum atomic E-state index is 12.3. The number of hydrogen-bond donors (Lipinski definition) is 1. The standard InChI is InChI=1S/C23H20N2O4/c1-15-18(12-13-20(24-15)17-8-4-3-5-9-17)23(28)29-14-22(27)25-21-11-7-6-10-19(21)16(2)26/h3-13H,14H2,1-2H3,(H,25,27). The summed E-state index contributed by atoms with van der Waals surface area (Å²) in [4.78, 5) is 40.6. The molecule has 1 heterocycles. The highest BCUT2D eigenvalue weighted by molar-refractivity contribution is 6.04. The molecule has 29 heavy (non-hydrogen) atoms. The van der Waals surface area contributed by atoms with Crippen molar-refractivity contribution >= 4 is 23.3 Å². The number of benzene rings is 2. The van der Waals surface area contributed by atoms with Crippen molar-refractivity contribution in [1.82, 2.24) is 4.98 Å². The zero-order chi connectivity index (χ0) is 20.8. The van der Waals surface area contributed by atoms with E-state index in [1.807, 2.05) is 30.3 Å². The first-order valence-electron chi connectivity index (χ1n) is 9.05. The molecule has 1 amide bonds. The number of anilines is 1. The van der Waals surface area contributed by atoms with E-state index in [1.165, 1.54) is 6.92 Å². The van der Waals surface area contributed by atoms with Crippen molar-refractivity contribution in [1.29, 1.82) is 0 Å². The molecule has 3 rings (SSSR count). The Morgan fingerprint density at radius 1 is 0.897 bits per heavy atom. The smallest absolute Gasteiger partial charge is 0.340 e. The van der Waals surface area contributed by atoms with Gasteiger partial charge in [0.1, 0.15) is 0 Å². The summed E-state index contributed by atoms with van der Waals surface area (Å²) < 4.78 is 5.11. The van der Waals surface area contributed by atoms with Gasteiger partial charge in [-0.1, -0.05) is 42.5 Å². The Labute approximate surface area is 168 Å². The van der Waals surface area contributed by atoms with Crippen LogP contribution in [-0.2, 0) is 9.53 Å². The second-order valence-electron chi connectivity index (χ2n) is 6.42. The van der Waals surface area contributed by atoms with E-state index in [9.17, 15) is 14.4 Å². The number of aryl methyl sites for hydroxylation is 1. The molecule has 3 aromatic rings. The van der Waals surface area contributed by atoms with E-state index in [1.54, 1.807) is 43.3 Å². The van der Waals surface area contributed by atoms with Crippen LogP contribution in [0.4, 0.5) is 5.69 Å². The first-order valence-corrected chi connectivity index (χ1v) is 9.05. The maximum absolute atomic E-state index is 12.3. The minimum absolute atomic E-state index is 0.168. The van der Waals surface area contributed by atoms with Gasteiger partial charge in [-0.2, -0.15) is 0 Å². The monoisotopic (exact) mass is 388 g/mol. The Morgan fingerprint density at radius 3 is 2.28 bits per heavy atom. The van der Waals surface area contributed by atoms with Gasteiger partial charge in [-0.15, -0.1) is 0 Å². The number of ether oxygens (including phenoxy) is 1. The number of nitrogens with one attached hydrogen (secondary N) is 1. The predicted molar refractivity (Wildman–Crippen MR) is 110 cm³/mol. The molecular weight excluding hydrogens is 368 g/mol. The van der Waals surface area contributed by atoms with E-state index < -0.39 is 18.5 Å². The van der Waals surface area contributed by atoms with Gasteiger partial charge in [0.25, 0.3) is 5.91 Å². The van der Waals surface area contributed by atoms with Crippen LogP contribution in [0.25, 0.3) is 11.3 Å². The Hall–Kier alpha value is -3.80. The van der Waals surface area contributed by atoms with Gasteiger partial charge in [0.2, 0.25) is 0 Å². The highest BCUT2D eigenvalue weighted by Crippen LogP contribution is 2.19. The van der Waals surface area contributed by atoms with E-state index in [0.717, 1.165) is 11.3 Å². The van der Waals surface area contributed by atoms with Gasteiger partial charge < -0.3 is 10.1 Å². The molecule has 0 bridgehead atoms. The molecule has 6 nitrogen and oxygen atoms in total. The molecule has 0 atom stereocenters. The van der Waals surface area contributed by atoms with Crippen molar-refractivity contribution < 1.29 is 19.1 Å². The van der Waals surface area contributed by atoms with Crippen molar-refractivity contribution in [2.75, 3.05) is 11.9 Å². The molecular formula is C23H20N2O4. The molecule has 0 spiro atoms. The van der Waals surface area contributed by atoms with Crippen molar-refractivity contribution in [2.24, 2.45) is 0 Å². The summed E-state index contributed by atoms with van der Waals surface area (Å²) in [5.41, 5.74) is 3.27. The Balaban J connectivity index is 1.64. The Morgan fingerprint density at radius 2 is 1.59 bits per heavy atom. The fourth-order valence-electron chi connectivity index (χ4n) is 2.84. The third-order valence-electron chi connectivity index (χ3n) is 4.29. The largest absolute Gasteiger partial charge is 0.452 e. The van der Waals surface area contributed by atoms with Crippen LogP contribution in [0, 0.1) is 6.92 Å². The molecule has 0 aliphatic carbocycles. The summed E-state index contributed by atoms with van der Waals surface area (Å²) in [6.07, 6.45) is 0. The molecule has 6 heteroatoms. The third kappa shape index (κ3) is 4.93. The zero-order valence-corrected chi connectivity index (χ0v) is 16.1. The highest BCUT2D eigenvalue weighted by Gasteiger charge is 2.16. The SMILES string of the molecule is CC(=O)c1ccccc1NC(=O)COC(=O)c1ccc(-c2ccccc2)nc1C. The van der Waals surface area contributed by atoms with Gasteiger partial charge in [-0.3, -0.25) is 14.6 Å². The summed E-state index contributed by atoms with van der Waals surface area (Å²) >= 11 is 0. The number of nitrogens with zero attached hydrogens (tertiary/aromatic N) is 1. The number of rotatable bonds is 6. The zero-order valence-electron chi connectivity index (χ0n) is 16.1. The topological polar surface area (TPSA) is 85.4 Å². The lowest BCUT2D eigenvalue weighted by molar-refractivity contribution is -0.119. The number of carbonyl (C=O) groups is 3. The molecule has 0 fully saturated rings. The van der Waals surface area contributed by atoms with Gasteiger partial charge in [0.05, 0.1) is 22.6 Å². The van der Waals surface area contributed by atoms with E-state index >= 15 is 0 Å². The molecule has 0 radical (unpaired) electrons. The van der Waals surface area contributed by atoms with Gasteiger partial charge >= 0.3 is 5.97 Å². The summed E-state index contributed by atoms with van der Waals surface area (Å²) in [6.45, 7) is 2.66. The summed E-state index contributed by atoms with van der Waals surface area (Å²) in [7, 11) is 0. The lowest BCUT2D eigenvalue weighted by Gasteiger charge is -2.10. The minimum atomic E-state index is -0.635. The van der Waals surface area contributed by atoms with Crippen LogP contribution in [0.5, 0.6) is 0 Å². The molecule has 0 unspecified atom stereocenters. The predicted octanol–water partition coefficient (Wildman–Crippen LogP) is 4.06. The number of pyridine rings is 1. The molecule has 0 saturated heterocycles. The summed E-state index contributed by atoms with van der Waals surface area (Å²) in [5.74, 6) is -1.33. The minimum Gasteiger partial charge on any atom is -0.452 e. The molecule has 1 N–H and O–H groups in total. The van der Waals surface area contributed by atoms with Crippen LogP contribution in [0.1, 0.15) is 33.3 Å². The fraction of sp³-hybridized carbons (Fsp3) is 0.130. The third-order valence-corrected chi connectivity index (χ3v) is 4.29. The van der Waals surface area contributed by atoms with Crippen molar-refractivity contribution in [2.45, 2.75) is 13.8 Å². The molecule has 0 aliphatic rings. The molecule has 0 saturated carbocycles. The fourth-order valence-corrected chi connectivity index (χ4v) is 2.84. The van der Waals surface area contributed by atoms with Crippen LogP contribution >= 0.6 is 0 Å². The first-order chi connectivity index (χ1) is 14.0. The Kier molecular flexibility index (Phi) is 6.14. The van der Waals surface area contributed by atoms with Crippen molar-refractivity contribution in [3.05, 3.63) is 83.6 Å². The van der Waals surface area contributed by atoms with Crippen LogP contribution in [0.2, 0.25) is 0 Å². The summed E-state index contributed by atoms with van der Waals surface area (Å²) in [6, 6.07) is 19.6. The summed E-state index contributed by atoms with van der Waals surface area (Å²) in [5, 5.41) is 2.59. The maximum Gasteiger partial charge on any atom is 0.340 e. The first kappa shape index (κ1) is 19.9. The van der Waals surface area contributed by atoms with Crippen molar-refractivity contribution in [3.63, 3.8) is 0 Å². The molecule has 0 aliphatic heterocycles. The van der Waals surface area contributed by atoms with Crippen LogP contribution in [-0.4, -0.2) is 29.3 Å². The van der Waals surface area contributed by atoms with Crippen LogP contribution in [0.3, 0.4) is 0 Å². The molecule has 146 valence electrons. The van der Waals surface area contributed by atoms with Crippen LogP contribution < -0.4 is 5.32 Å². The van der Waals surface area contributed by atoms with Gasteiger partial charge in [0.15, 0.2) is 12.4 Å². The number of carbonyl (C=O) groups excluding carboxylic acids is 3. The van der Waals surface area contributed by atoms with Crippen molar-refractivity contribution in [3.8, 4) is 11.3 Å². The van der Waals surface area contributed by atoms with E-state index in [0.29, 0.717) is 22.5 Å². The van der Waals surface area contributed by atoms with Crippen LogP contribution in [0.15, 0.2) is 66.7 Å². The van der Waals surface area contributed by atoms with E-state index in [-0.39, 0.29) is 5.78 Å². The second kappa shape index (κ2) is 8.93. The Bertz CT molecular complexity index is 1060. The number of Topliss-reactive ketones (excluding diaryl/α,β-unsaturated/α-hetero) is 1. The number of aromatic nitrogens is 1. The van der Waals surface area contributed by atoms with Gasteiger partial charge in [-0.25, -0.2) is 4.79 Å². The average molecular weight is 388 g/mol. The molecule has 1 aromatic heterocycles. The number of para-hydroxylation sites is 1. The number of hydrogen-bond acceptors (Lipinski definition) is 5. The lowest BCUT2D eigenvalue weighted by Crippen LogP contribution is -2.22. The van der Waals surface area contributed by atoms with Gasteiger partial charge in [0, 0.05) is 11.1 Å². The second-order valence-corrected chi connectivity index (χ2v) is 6.42. The van der Waals surface area contributed by atoms with E-state index in [4.69, 9.17) is 4.74 Å². The number of amides is 1. The quantitative estimate of drug-likeness (QED) is 0.508. The highest BCUT2D eigenvalue weighted by atomic mass is 16.5.